The van der Waals surface area contributed by atoms with E-state index in [1.54, 1.807) is 0 Å². The Morgan fingerprint density at radius 2 is 1.90 bits per heavy atom. The predicted octanol–water partition coefficient (Wildman–Crippen LogP) is 1.80. The van der Waals surface area contributed by atoms with Gasteiger partial charge in [-0.05, 0) is 34.1 Å². The topological polar surface area (TPSA) is 35.9 Å². The maximum atomic E-state index is 7.16. The first-order valence-electron chi connectivity index (χ1n) is 3.71. The van der Waals surface area contributed by atoms with Crippen LogP contribution in [0.2, 0.25) is 0 Å². The molecule has 0 saturated carbocycles. The summed E-state index contributed by atoms with van der Waals surface area (Å²) in [5.74, 6) is 0. The van der Waals surface area contributed by atoms with Crippen molar-refractivity contribution >= 4 is 5.71 Å². The average molecular weight is 142 g/mol. The van der Waals surface area contributed by atoms with Crippen LogP contribution < -0.4 is 5.32 Å². The summed E-state index contributed by atoms with van der Waals surface area (Å²) in [4.78, 5) is 0. The summed E-state index contributed by atoms with van der Waals surface area (Å²) in [6.45, 7) is 9.15. The normalized spacial score (nSPS) is 11.6. The highest BCUT2D eigenvalue weighted by atomic mass is 14.9. The molecular formula is C8H18N2. The Kier molecular flexibility index (Phi) is 3.58. The minimum atomic E-state index is 0.190. The van der Waals surface area contributed by atoms with E-state index < -0.39 is 0 Å². The van der Waals surface area contributed by atoms with Gasteiger partial charge in [0, 0.05) is 17.8 Å². The minimum Gasteiger partial charge on any atom is -0.312 e. The Hall–Kier alpha value is -0.370. The molecule has 0 fully saturated rings. The van der Waals surface area contributed by atoms with Crippen LogP contribution in [0.15, 0.2) is 0 Å². The van der Waals surface area contributed by atoms with Crippen molar-refractivity contribution in [1.29, 1.82) is 5.41 Å². The third-order valence-corrected chi connectivity index (χ3v) is 1.16. The molecule has 0 aromatic rings. The third kappa shape index (κ3) is 7.63. The van der Waals surface area contributed by atoms with Gasteiger partial charge in [0.1, 0.15) is 0 Å². The molecule has 60 valence electrons. The maximum absolute atomic E-state index is 7.16. The van der Waals surface area contributed by atoms with Crippen molar-refractivity contribution in [1.82, 2.24) is 5.32 Å². The van der Waals surface area contributed by atoms with E-state index >= 15 is 0 Å². The molecule has 10 heavy (non-hydrogen) atoms. The third-order valence-electron chi connectivity index (χ3n) is 1.16. The highest BCUT2D eigenvalue weighted by Gasteiger charge is 2.06. The second kappa shape index (κ2) is 3.71. The van der Waals surface area contributed by atoms with Gasteiger partial charge < -0.3 is 10.7 Å². The first-order chi connectivity index (χ1) is 4.42. The average Bonchev–Trinajstić information content (AvgIpc) is 1.59. The van der Waals surface area contributed by atoms with Gasteiger partial charge in [0.25, 0.3) is 0 Å². The summed E-state index contributed by atoms with van der Waals surface area (Å²) in [6, 6.07) is 0. The molecule has 2 nitrogen and oxygen atoms in total. The molecule has 0 bridgehead atoms. The minimum absolute atomic E-state index is 0.190. The van der Waals surface area contributed by atoms with Crippen molar-refractivity contribution in [3.63, 3.8) is 0 Å². The lowest BCUT2D eigenvalue weighted by molar-refractivity contribution is 0.433. The summed E-state index contributed by atoms with van der Waals surface area (Å²) in [5.41, 5.74) is 0.937. The molecule has 0 aliphatic rings. The van der Waals surface area contributed by atoms with Crippen molar-refractivity contribution in [3.05, 3.63) is 0 Å². The zero-order chi connectivity index (χ0) is 8.20. The molecule has 0 atom stereocenters. The Bertz CT molecular complexity index is 111. The van der Waals surface area contributed by atoms with E-state index in [1.807, 2.05) is 6.92 Å². The van der Waals surface area contributed by atoms with Crippen LogP contribution >= 0.6 is 0 Å². The van der Waals surface area contributed by atoms with Gasteiger partial charge in [-0.3, -0.25) is 0 Å². The molecule has 0 aromatic heterocycles. The fourth-order valence-electron chi connectivity index (χ4n) is 0.625. The Morgan fingerprint density at radius 1 is 1.40 bits per heavy atom. The number of nitrogens with one attached hydrogen (secondary N) is 2. The fraction of sp³-hybridized carbons (Fsp3) is 0.875. The summed E-state index contributed by atoms with van der Waals surface area (Å²) in [7, 11) is 0. The zero-order valence-electron chi connectivity index (χ0n) is 7.41. The molecule has 0 aliphatic carbocycles. The van der Waals surface area contributed by atoms with Gasteiger partial charge in [-0.2, -0.15) is 0 Å². The van der Waals surface area contributed by atoms with Gasteiger partial charge in [0.2, 0.25) is 0 Å². The van der Waals surface area contributed by atoms with Gasteiger partial charge in [-0.25, -0.2) is 0 Å². The van der Waals surface area contributed by atoms with E-state index in [9.17, 15) is 0 Å². The Morgan fingerprint density at radius 3 is 2.20 bits per heavy atom. The first-order valence-corrected chi connectivity index (χ1v) is 3.71. The van der Waals surface area contributed by atoms with Crippen LogP contribution in [-0.4, -0.2) is 17.8 Å². The number of hydrogen-bond donors (Lipinski definition) is 2. The van der Waals surface area contributed by atoms with Crippen molar-refractivity contribution < 1.29 is 0 Å². The van der Waals surface area contributed by atoms with Crippen molar-refractivity contribution in [2.24, 2.45) is 0 Å². The van der Waals surface area contributed by atoms with E-state index in [4.69, 9.17) is 5.41 Å². The second-order valence-electron chi connectivity index (χ2n) is 3.71. The van der Waals surface area contributed by atoms with Crippen molar-refractivity contribution in [3.8, 4) is 0 Å². The molecule has 0 aromatic carbocycles. The monoisotopic (exact) mass is 142 g/mol. The van der Waals surface area contributed by atoms with E-state index in [2.05, 4.69) is 26.1 Å². The standard InChI is InChI=1S/C8H18N2/c1-7(9)5-6-10-8(2,3)4/h9-10H,5-6H2,1-4H3. The molecule has 2 N–H and O–H groups in total. The zero-order valence-corrected chi connectivity index (χ0v) is 7.41. The molecule has 0 spiro atoms. The summed E-state index contributed by atoms with van der Waals surface area (Å²) in [5, 5.41) is 10.5. The Labute approximate surface area is 63.5 Å². The van der Waals surface area contributed by atoms with Crippen LogP contribution in [0.3, 0.4) is 0 Å². The van der Waals surface area contributed by atoms with Gasteiger partial charge in [-0.1, -0.05) is 0 Å². The highest BCUT2D eigenvalue weighted by molar-refractivity contribution is 5.78. The number of rotatable bonds is 3. The molecule has 0 heterocycles. The fourth-order valence-corrected chi connectivity index (χ4v) is 0.625. The molecule has 0 rings (SSSR count). The molecule has 0 amide bonds. The highest BCUT2D eigenvalue weighted by Crippen LogP contribution is 1.97. The lowest BCUT2D eigenvalue weighted by atomic mass is 10.1. The van der Waals surface area contributed by atoms with Crippen LogP contribution in [0.4, 0.5) is 0 Å². The smallest absolute Gasteiger partial charge is 0.00966 e. The van der Waals surface area contributed by atoms with Crippen LogP contribution in [0, 0.1) is 5.41 Å². The molecule has 0 aliphatic heterocycles. The lowest BCUT2D eigenvalue weighted by Gasteiger charge is -2.19. The van der Waals surface area contributed by atoms with E-state index in [-0.39, 0.29) is 5.54 Å². The van der Waals surface area contributed by atoms with E-state index in [1.165, 1.54) is 0 Å². The summed E-state index contributed by atoms with van der Waals surface area (Å²) < 4.78 is 0. The molecular weight excluding hydrogens is 124 g/mol. The molecule has 0 radical (unpaired) electrons. The van der Waals surface area contributed by atoms with Crippen molar-refractivity contribution in [2.45, 2.75) is 39.7 Å². The molecule has 0 unspecified atom stereocenters. The van der Waals surface area contributed by atoms with E-state index in [0.29, 0.717) is 0 Å². The summed E-state index contributed by atoms with van der Waals surface area (Å²) >= 11 is 0. The van der Waals surface area contributed by atoms with Gasteiger partial charge in [0.15, 0.2) is 0 Å². The predicted molar refractivity (Wildman–Crippen MR) is 45.8 cm³/mol. The van der Waals surface area contributed by atoms with Crippen molar-refractivity contribution in [2.75, 3.05) is 6.54 Å². The van der Waals surface area contributed by atoms with E-state index in [0.717, 1.165) is 18.7 Å². The quantitative estimate of drug-likeness (QED) is 0.579. The maximum Gasteiger partial charge on any atom is 0.00966 e. The second-order valence-corrected chi connectivity index (χ2v) is 3.71. The van der Waals surface area contributed by atoms with Crippen LogP contribution in [-0.2, 0) is 0 Å². The SMILES string of the molecule is CC(=N)CCNC(C)(C)C. The first kappa shape index (κ1) is 9.63. The van der Waals surface area contributed by atoms with Crippen LogP contribution in [0.1, 0.15) is 34.1 Å². The van der Waals surface area contributed by atoms with Gasteiger partial charge >= 0.3 is 0 Å². The lowest BCUT2D eigenvalue weighted by Crippen LogP contribution is -2.36. The summed E-state index contributed by atoms with van der Waals surface area (Å²) in [6.07, 6.45) is 0.858. The van der Waals surface area contributed by atoms with Crippen LogP contribution in [0.5, 0.6) is 0 Å². The Balaban J connectivity index is 3.29. The number of hydrogen-bond acceptors (Lipinski definition) is 2. The molecule has 2 heteroatoms. The largest absolute Gasteiger partial charge is 0.312 e. The molecule has 0 saturated heterocycles. The van der Waals surface area contributed by atoms with Crippen LogP contribution in [0.25, 0.3) is 0 Å². The van der Waals surface area contributed by atoms with Gasteiger partial charge in [0.05, 0.1) is 0 Å². The van der Waals surface area contributed by atoms with Gasteiger partial charge in [-0.15, -0.1) is 0 Å².